The van der Waals surface area contributed by atoms with Gasteiger partial charge in [0.05, 0.1) is 12.8 Å². The summed E-state index contributed by atoms with van der Waals surface area (Å²) >= 11 is 0. The Bertz CT molecular complexity index is 860. The zero-order valence-electron chi connectivity index (χ0n) is 12.5. The number of hydrogen-bond donors (Lipinski definition) is 1. The standard InChI is InChI=1S/C15H16N4O2S/c1-16-14-15-18-12(9-19(15)7-6-17-14)11-5-4-10(22(3)20)8-13(11)21-2/h4-9H,1-3H3,(H,16,17). The molecule has 0 saturated carbocycles. The molecule has 0 aliphatic rings. The van der Waals surface area contributed by atoms with Crippen molar-refractivity contribution in [3.63, 3.8) is 0 Å². The Kier molecular flexibility index (Phi) is 3.81. The topological polar surface area (TPSA) is 68.5 Å². The monoisotopic (exact) mass is 316 g/mol. The van der Waals surface area contributed by atoms with Crippen LogP contribution in [0.3, 0.4) is 0 Å². The van der Waals surface area contributed by atoms with Crippen molar-refractivity contribution in [3.8, 4) is 17.0 Å². The average Bonchev–Trinajstić information content (AvgIpc) is 2.97. The molecule has 7 heteroatoms. The summed E-state index contributed by atoms with van der Waals surface area (Å²) in [5.41, 5.74) is 2.36. The molecule has 0 fully saturated rings. The number of methoxy groups -OCH3 is 1. The average molecular weight is 316 g/mol. The highest BCUT2D eigenvalue weighted by atomic mass is 32.2. The highest BCUT2D eigenvalue weighted by Crippen LogP contribution is 2.31. The largest absolute Gasteiger partial charge is 0.496 e. The van der Waals surface area contributed by atoms with Crippen molar-refractivity contribution in [2.24, 2.45) is 0 Å². The van der Waals surface area contributed by atoms with Gasteiger partial charge >= 0.3 is 0 Å². The van der Waals surface area contributed by atoms with Gasteiger partial charge in [-0.05, 0) is 18.2 Å². The van der Waals surface area contributed by atoms with Gasteiger partial charge in [-0.25, -0.2) is 9.97 Å². The van der Waals surface area contributed by atoms with Crippen molar-refractivity contribution < 1.29 is 8.95 Å². The van der Waals surface area contributed by atoms with Crippen LogP contribution in [0.25, 0.3) is 16.9 Å². The van der Waals surface area contributed by atoms with Crippen molar-refractivity contribution in [3.05, 3.63) is 36.8 Å². The van der Waals surface area contributed by atoms with Gasteiger partial charge < -0.3 is 14.5 Å². The second-order valence-electron chi connectivity index (χ2n) is 4.70. The number of anilines is 1. The van der Waals surface area contributed by atoms with Gasteiger partial charge in [0.2, 0.25) is 0 Å². The summed E-state index contributed by atoms with van der Waals surface area (Å²) in [7, 11) is 2.35. The van der Waals surface area contributed by atoms with E-state index in [0.29, 0.717) is 11.6 Å². The minimum atomic E-state index is -1.05. The first-order valence-electron chi connectivity index (χ1n) is 6.67. The Balaban J connectivity index is 2.17. The molecule has 1 N–H and O–H groups in total. The number of rotatable bonds is 4. The molecule has 0 aliphatic carbocycles. The molecule has 2 aromatic heterocycles. The van der Waals surface area contributed by atoms with E-state index in [4.69, 9.17) is 4.74 Å². The number of fused-ring (bicyclic) bond motifs is 1. The second kappa shape index (κ2) is 5.76. The third kappa shape index (κ3) is 2.43. The number of aromatic nitrogens is 3. The van der Waals surface area contributed by atoms with Gasteiger partial charge in [-0.2, -0.15) is 0 Å². The van der Waals surface area contributed by atoms with Crippen LogP contribution in [0.15, 0.2) is 41.7 Å². The van der Waals surface area contributed by atoms with Crippen molar-refractivity contribution in [1.82, 2.24) is 14.4 Å². The maximum Gasteiger partial charge on any atom is 0.180 e. The number of nitrogens with one attached hydrogen (secondary N) is 1. The van der Waals surface area contributed by atoms with Gasteiger partial charge in [0.15, 0.2) is 11.5 Å². The predicted molar refractivity (Wildman–Crippen MR) is 86.9 cm³/mol. The Morgan fingerprint density at radius 2 is 2.18 bits per heavy atom. The summed E-state index contributed by atoms with van der Waals surface area (Å²) in [6.45, 7) is 0. The number of hydrogen-bond acceptors (Lipinski definition) is 5. The first-order valence-corrected chi connectivity index (χ1v) is 8.23. The van der Waals surface area contributed by atoms with E-state index >= 15 is 0 Å². The molecule has 3 aromatic rings. The molecule has 22 heavy (non-hydrogen) atoms. The third-order valence-corrected chi connectivity index (χ3v) is 4.31. The molecular weight excluding hydrogens is 300 g/mol. The van der Waals surface area contributed by atoms with Crippen LogP contribution in [0, 0.1) is 0 Å². The molecule has 0 saturated heterocycles. The molecule has 0 radical (unpaired) electrons. The molecule has 0 spiro atoms. The lowest BCUT2D eigenvalue weighted by atomic mass is 10.1. The van der Waals surface area contributed by atoms with Crippen molar-refractivity contribution in [1.29, 1.82) is 0 Å². The van der Waals surface area contributed by atoms with Crippen LogP contribution in [-0.2, 0) is 10.8 Å². The van der Waals surface area contributed by atoms with E-state index in [1.54, 1.807) is 25.6 Å². The minimum absolute atomic E-state index is 0.648. The number of benzene rings is 1. The summed E-state index contributed by atoms with van der Waals surface area (Å²) in [6.07, 6.45) is 7.11. The van der Waals surface area contributed by atoms with E-state index in [9.17, 15) is 4.21 Å². The Morgan fingerprint density at radius 3 is 2.86 bits per heavy atom. The van der Waals surface area contributed by atoms with Gasteiger partial charge in [-0.3, -0.25) is 4.21 Å². The molecule has 0 amide bonds. The molecule has 114 valence electrons. The summed E-state index contributed by atoms with van der Waals surface area (Å²) in [5, 5.41) is 3.02. The molecular formula is C15H16N4O2S. The van der Waals surface area contributed by atoms with Crippen molar-refractivity contribution in [2.75, 3.05) is 25.7 Å². The first kappa shape index (κ1) is 14.5. The summed E-state index contributed by atoms with van der Waals surface area (Å²) in [5.74, 6) is 1.36. The van der Waals surface area contributed by atoms with Crippen LogP contribution in [0.1, 0.15) is 0 Å². The van der Waals surface area contributed by atoms with Crippen LogP contribution in [0.5, 0.6) is 5.75 Å². The fraction of sp³-hybridized carbons (Fsp3) is 0.200. The molecule has 0 bridgehead atoms. The van der Waals surface area contributed by atoms with Crippen LogP contribution < -0.4 is 10.1 Å². The maximum atomic E-state index is 11.6. The van der Waals surface area contributed by atoms with Gasteiger partial charge in [0.1, 0.15) is 5.75 Å². The lowest BCUT2D eigenvalue weighted by Gasteiger charge is -2.07. The third-order valence-electron chi connectivity index (χ3n) is 3.39. The summed E-state index contributed by atoms with van der Waals surface area (Å²) < 4.78 is 18.9. The highest BCUT2D eigenvalue weighted by Gasteiger charge is 2.13. The normalized spacial score (nSPS) is 12.3. The number of nitrogens with zero attached hydrogens (tertiary/aromatic N) is 3. The lowest BCUT2D eigenvalue weighted by Crippen LogP contribution is -1.96. The smallest absolute Gasteiger partial charge is 0.180 e. The molecule has 1 aromatic carbocycles. The SMILES string of the molecule is CNc1nccn2cc(-c3ccc(S(C)=O)cc3OC)nc12. The van der Waals surface area contributed by atoms with Crippen molar-refractivity contribution in [2.45, 2.75) is 4.90 Å². The lowest BCUT2D eigenvalue weighted by molar-refractivity contribution is 0.415. The van der Waals surface area contributed by atoms with E-state index in [0.717, 1.165) is 21.8 Å². The highest BCUT2D eigenvalue weighted by molar-refractivity contribution is 7.84. The van der Waals surface area contributed by atoms with Gasteiger partial charge in [-0.15, -0.1) is 0 Å². The van der Waals surface area contributed by atoms with Gasteiger partial charge in [0, 0.05) is 53.2 Å². The van der Waals surface area contributed by atoms with Gasteiger partial charge in [-0.1, -0.05) is 0 Å². The zero-order chi connectivity index (χ0) is 15.7. The first-order chi connectivity index (χ1) is 10.6. The quantitative estimate of drug-likeness (QED) is 0.799. The predicted octanol–water partition coefficient (Wildman–Crippen LogP) is 2.18. The molecule has 6 nitrogen and oxygen atoms in total. The van der Waals surface area contributed by atoms with E-state index in [1.807, 2.05) is 36.0 Å². The van der Waals surface area contributed by atoms with Crippen LogP contribution in [0.4, 0.5) is 5.82 Å². The molecule has 0 aliphatic heterocycles. The Hall–Kier alpha value is -2.41. The fourth-order valence-electron chi connectivity index (χ4n) is 2.29. The van der Waals surface area contributed by atoms with Crippen LogP contribution in [-0.4, -0.2) is 39.0 Å². The van der Waals surface area contributed by atoms with Crippen LogP contribution >= 0.6 is 0 Å². The number of ether oxygens (including phenoxy) is 1. The number of imidazole rings is 1. The van der Waals surface area contributed by atoms with Crippen molar-refractivity contribution >= 4 is 22.3 Å². The van der Waals surface area contributed by atoms with E-state index < -0.39 is 10.8 Å². The van der Waals surface area contributed by atoms with E-state index in [1.165, 1.54) is 0 Å². The summed E-state index contributed by atoms with van der Waals surface area (Å²) in [4.78, 5) is 9.59. The summed E-state index contributed by atoms with van der Waals surface area (Å²) in [6, 6.07) is 5.49. The van der Waals surface area contributed by atoms with E-state index in [-0.39, 0.29) is 0 Å². The molecule has 2 heterocycles. The molecule has 1 unspecified atom stereocenters. The Morgan fingerprint density at radius 1 is 1.36 bits per heavy atom. The van der Waals surface area contributed by atoms with Gasteiger partial charge in [0.25, 0.3) is 0 Å². The van der Waals surface area contributed by atoms with E-state index in [2.05, 4.69) is 15.3 Å². The zero-order valence-corrected chi connectivity index (χ0v) is 13.3. The minimum Gasteiger partial charge on any atom is -0.496 e. The Labute approximate surface area is 130 Å². The molecule has 3 rings (SSSR count). The second-order valence-corrected chi connectivity index (χ2v) is 6.08. The maximum absolute atomic E-state index is 11.6. The fourth-order valence-corrected chi connectivity index (χ4v) is 2.82. The van der Waals surface area contributed by atoms with Crippen LogP contribution in [0.2, 0.25) is 0 Å². The molecule has 1 atom stereocenters.